The van der Waals surface area contributed by atoms with E-state index in [9.17, 15) is 9.59 Å². The predicted octanol–water partition coefficient (Wildman–Crippen LogP) is 2.60. The number of amides is 2. The lowest BCUT2D eigenvalue weighted by atomic mass is 10.2. The van der Waals surface area contributed by atoms with Gasteiger partial charge in [-0.2, -0.15) is 5.10 Å². The Morgan fingerprint density at radius 1 is 0.968 bits per heavy atom. The zero-order chi connectivity index (χ0) is 21.2. The Labute approximate surface area is 180 Å². The van der Waals surface area contributed by atoms with Gasteiger partial charge in [0.1, 0.15) is 17.5 Å². The highest BCUT2D eigenvalue weighted by atomic mass is 16.5. The lowest BCUT2D eigenvalue weighted by Crippen LogP contribution is -2.53. The normalized spacial score (nSPS) is 19.0. The van der Waals surface area contributed by atoms with Crippen molar-refractivity contribution in [3.63, 3.8) is 0 Å². The smallest absolute Gasteiger partial charge is 0.272 e. The van der Waals surface area contributed by atoms with Crippen molar-refractivity contribution in [3.05, 3.63) is 60.5 Å². The number of benzene rings is 1. The predicted molar refractivity (Wildman–Crippen MR) is 113 cm³/mol. The van der Waals surface area contributed by atoms with Gasteiger partial charge in [-0.15, -0.1) is 0 Å². The van der Waals surface area contributed by atoms with Crippen molar-refractivity contribution in [2.24, 2.45) is 0 Å². The summed E-state index contributed by atoms with van der Waals surface area (Å²) < 4.78 is 12.7. The highest BCUT2D eigenvalue weighted by Gasteiger charge is 2.32. The Morgan fingerprint density at radius 2 is 1.74 bits per heavy atom. The minimum Gasteiger partial charge on any atom is -0.463 e. The second-order valence-corrected chi connectivity index (χ2v) is 7.76. The fourth-order valence-corrected chi connectivity index (χ4v) is 4.11. The summed E-state index contributed by atoms with van der Waals surface area (Å²) in [5.41, 5.74) is 1.87. The molecule has 2 aromatic heterocycles. The van der Waals surface area contributed by atoms with Crippen LogP contribution in [0.3, 0.4) is 0 Å². The molecule has 0 radical (unpaired) electrons. The number of para-hydroxylation sites is 1. The highest BCUT2D eigenvalue weighted by Crippen LogP contribution is 2.24. The molecule has 2 saturated heterocycles. The SMILES string of the molecule is O=C(c1cc(-c2ccco2)nn1-c1ccccc1)N1CCN(C(=O)C2CCCO2)CC1. The zero-order valence-corrected chi connectivity index (χ0v) is 17.1. The molecule has 2 amide bonds. The van der Waals surface area contributed by atoms with Crippen LogP contribution in [-0.4, -0.2) is 70.3 Å². The monoisotopic (exact) mass is 420 g/mol. The Morgan fingerprint density at radius 3 is 2.42 bits per heavy atom. The van der Waals surface area contributed by atoms with Gasteiger partial charge in [0, 0.05) is 38.9 Å². The van der Waals surface area contributed by atoms with Crippen LogP contribution >= 0.6 is 0 Å². The van der Waals surface area contributed by atoms with Crippen molar-refractivity contribution in [2.75, 3.05) is 32.8 Å². The van der Waals surface area contributed by atoms with E-state index in [0.717, 1.165) is 18.5 Å². The van der Waals surface area contributed by atoms with Crippen molar-refractivity contribution in [3.8, 4) is 17.1 Å². The number of carbonyl (C=O) groups is 2. The van der Waals surface area contributed by atoms with Gasteiger partial charge in [-0.25, -0.2) is 4.68 Å². The highest BCUT2D eigenvalue weighted by molar-refractivity contribution is 5.94. The van der Waals surface area contributed by atoms with E-state index in [0.29, 0.717) is 49.9 Å². The molecule has 1 aromatic carbocycles. The molecule has 2 aliphatic rings. The molecule has 8 nitrogen and oxygen atoms in total. The van der Waals surface area contributed by atoms with Crippen LogP contribution in [0.2, 0.25) is 0 Å². The molecule has 1 atom stereocenters. The third-order valence-electron chi connectivity index (χ3n) is 5.79. The van der Waals surface area contributed by atoms with Crippen molar-refractivity contribution in [2.45, 2.75) is 18.9 Å². The van der Waals surface area contributed by atoms with Gasteiger partial charge in [-0.3, -0.25) is 9.59 Å². The molecule has 5 rings (SSSR count). The van der Waals surface area contributed by atoms with Crippen LogP contribution < -0.4 is 0 Å². The van der Waals surface area contributed by atoms with E-state index in [1.54, 1.807) is 28.0 Å². The summed E-state index contributed by atoms with van der Waals surface area (Å²) in [6.07, 6.45) is 2.97. The minimum atomic E-state index is -0.322. The van der Waals surface area contributed by atoms with Crippen molar-refractivity contribution < 1.29 is 18.7 Å². The number of rotatable bonds is 4. The fraction of sp³-hybridized carbons (Fsp3) is 0.348. The van der Waals surface area contributed by atoms with Gasteiger partial charge in [0.25, 0.3) is 11.8 Å². The second kappa shape index (κ2) is 8.39. The van der Waals surface area contributed by atoms with E-state index in [4.69, 9.17) is 9.15 Å². The van der Waals surface area contributed by atoms with Crippen LogP contribution in [0.1, 0.15) is 23.3 Å². The number of hydrogen-bond acceptors (Lipinski definition) is 5. The van der Waals surface area contributed by atoms with Gasteiger partial charge in [-0.1, -0.05) is 18.2 Å². The molecule has 1 unspecified atom stereocenters. The van der Waals surface area contributed by atoms with Crippen LogP contribution in [0.4, 0.5) is 0 Å². The maximum atomic E-state index is 13.4. The average Bonchev–Trinajstić information content (AvgIpc) is 3.60. The van der Waals surface area contributed by atoms with Crippen LogP contribution in [0.5, 0.6) is 0 Å². The number of aromatic nitrogens is 2. The first kappa shape index (κ1) is 19.6. The Hall–Kier alpha value is -3.39. The summed E-state index contributed by atoms with van der Waals surface area (Å²) in [5, 5.41) is 4.63. The lowest BCUT2D eigenvalue weighted by molar-refractivity contribution is -0.142. The topological polar surface area (TPSA) is 80.8 Å². The number of piperazine rings is 1. The van der Waals surface area contributed by atoms with Gasteiger partial charge >= 0.3 is 0 Å². The maximum absolute atomic E-state index is 13.4. The molecule has 0 bridgehead atoms. The first-order chi connectivity index (χ1) is 15.2. The van der Waals surface area contributed by atoms with E-state index >= 15 is 0 Å². The second-order valence-electron chi connectivity index (χ2n) is 7.76. The lowest BCUT2D eigenvalue weighted by Gasteiger charge is -2.35. The number of nitrogens with zero attached hydrogens (tertiary/aromatic N) is 4. The summed E-state index contributed by atoms with van der Waals surface area (Å²) in [6.45, 7) is 2.63. The third-order valence-corrected chi connectivity index (χ3v) is 5.79. The fourth-order valence-electron chi connectivity index (χ4n) is 4.11. The standard InChI is InChI=1S/C23H24N4O4/c28-22(25-10-12-26(13-11-25)23(29)21-9-5-15-31-21)19-16-18(20-8-4-14-30-20)24-27(19)17-6-2-1-3-7-17/h1-4,6-8,14,16,21H,5,9-13,15H2. The molecule has 8 heteroatoms. The molecule has 0 N–H and O–H groups in total. The number of hydrogen-bond donors (Lipinski definition) is 0. The quantitative estimate of drug-likeness (QED) is 0.648. The first-order valence-corrected chi connectivity index (χ1v) is 10.6. The van der Waals surface area contributed by atoms with Crippen LogP contribution in [0.25, 0.3) is 17.1 Å². The maximum Gasteiger partial charge on any atom is 0.272 e. The Bertz CT molecular complexity index is 1050. The Kier molecular flexibility index (Phi) is 5.30. The van der Waals surface area contributed by atoms with E-state index < -0.39 is 0 Å². The van der Waals surface area contributed by atoms with Crippen LogP contribution in [-0.2, 0) is 9.53 Å². The average molecular weight is 420 g/mol. The van der Waals surface area contributed by atoms with Gasteiger partial charge < -0.3 is 19.0 Å². The first-order valence-electron chi connectivity index (χ1n) is 10.6. The van der Waals surface area contributed by atoms with Crippen molar-refractivity contribution >= 4 is 11.8 Å². The molecule has 0 aliphatic carbocycles. The van der Waals surface area contributed by atoms with Gasteiger partial charge in [0.05, 0.1) is 12.0 Å². The minimum absolute atomic E-state index is 0.0408. The summed E-state index contributed by atoms with van der Waals surface area (Å²) in [5.74, 6) is 0.535. The molecule has 2 aliphatic heterocycles. The van der Waals surface area contributed by atoms with Crippen molar-refractivity contribution in [1.29, 1.82) is 0 Å². The van der Waals surface area contributed by atoms with E-state index in [2.05, 4.69) is 5.10 Å². The molecular weight excluding hydrogens is 396 g/mol. The van der Waals surface area contributed by atoms with Gasteiger partial charge in [0.2, 0.25) is 0 Å². The summed E-state index contributed by atoms with van der Waals surface area (Å²) in [7, 11) is 0. The number of ether oxygens (including phenoxy) is 1. The van der Waals surface area contributed by atoms with Gasteiger partial charge in [-0.05, 0) is 37.1 Å². The molecular formula is C23H24N4O4. The third kappa shape index (κ3) is 3.86. The molecule has 3 aromatic rings. The molecule has 31 heavy (non-hydrogen) atoms. The molecule has 2 fully saturated rings. The molecule has 160 valence electrons. The zero-order valence-electron chi connectivity index (χ0n) is 17.1. The van der Waals surface area contributed by atoms with Crippen LogP contribution in [0, 0.1) is 0 Å². The summed E-state index contributed by atoms with van der Waals surface area (Å²) in [4.78, 5) is 29.6. The number of furan rings is 1. The molecule has 0 saturated carbocycles. The van der Waals surface area contributed by atoms with Crippen LogP contribution in [0.15, 0.2) is 59.2 Å². The largest absolute Gasteiger partial charge is 0.463 e. The van der Waals surface area contributed by atoms with E-state index in [1.807, 2.05) is 41.3 Å². The van der Waals surface area contributed by atoms with Crippen molar-refractivity contribution in [1.82, 2.24) is 19.6 Å². The Balaban J connectivity index is 1.36. The molecule has 4 heterocycles. The van der Waals surface area contributed by atoms with E-state index in [-0.39, 0.29) is 17.9 Å². The van der Waals surface area contributed by atoms with E-state index in [1.165, 1.54) is 0 Å². The summed E-state index contributed by atoms with van der Waals surface area (Å²) in [6, 6.07) is 14.9. The molecule has 0 spiro atoms. The van der Waals surface area contributed by atoms with Gasteiger partial charge in [0.15, 0.2) is 5.76 Å². The number of carbonyl (C=O) groups excluding carboxylic acids is 2. The summed E-state index contributed by atoms with van der Waals surface area (Å²) >= 11 is 0.